The van der Waals surface area contributed by atoms with Crippen LogP contribution in [0.4, 0.5) is 0 Å². The van der Waals surface area contributed by atoms with Crippen LogP contribution in [0.1, 0.15) is 22.6 Å². The Balaban J connectivity index is 1.84. The summed E-state index contributed by atoms with van der Waals surface area (Å²) >= 11 is 0. The Morgan fingerprint density at radius 3 is 2.54 bits per heavy atom. The molecular weight excluding hydrogens is 320 g/mol. The first-order valence-electron chi connectivity index (χ1n) is 8.77. The molecule has 1 unspecified atom stereocenters. The number of hydrogen-bond acceptors (Lipinski definition) is 2. The molecule has 1 atom stereocenters. The molecule has 0 bridgehead atoms. The van der Waals surface area contributed by atoms with E-state index in [0.717, 1.165) is 17.2 Å². The first-order chi connectivity index (χ1) is 12.8. The molecule has 0 saturated heterocycles. The molecule has 0 spiro atoms. The molecule has 26 heavy (non-hydrogen) atoms. The van der Waals surface area contributed by atoms with E-state index in [9.17, 15) is 0 Å². The van der Waals surface area contributed by atoms with Crippen molar-refractivity contribution in [1.82, 2.24) is 0 Å². The largest absolute Gasteiger partial charge is 0.497 e. The maximum absolute atomic E-state index is 6.26. The van der Waals surface area contributed by atoms with E-state index in [-0.39, 0.29) is 5.92 Å². The number of hydrogen-bond donors (Lipinski definition) is 0. The lowest BCUT2D eigenvalue weighted by Crippen LogP contribution is -2.12. The Morgan fingerprint density at radius 1 is 0.769 bits per heavy atom. The molecule has 0 saturated carbocycles. The van der Waals surface area contributed by atoms with Gasteiger partial charge < -0.3 is 9.47 Å². The van der Waals surface area contributed by atoms with Gasteiger partial charge in [0.05, 0.1) is 7.11 Å². The number of ether oxygens (including phenoxy) is 2. The fraction of sp³-hybridized carbons (Fsp3) is 0.0833. The Hall–Kier alpha value is -3.26. The minimum absolute atomic E-state index is 0.108. The summed E-state index contributed by atoms with van der Waals surface area (Å²) in [6, 6.07) is 29.3. The second-order valence-corrected chi connectivity index (χ2v) is 6.55. The number of fused-ring (bicyclic) bond motifs is 4. The first kappa shape index (κ1) is 15.0. The van der Waals surface area contributed by atoms with Gasteiger partial charge in [0, 0.05) is 17.0 Å². The summed E-state index contributed by atoms with van der Waals surface area (Å²) in [4.78, 5) is 0. The van der Waals surface area contributed by atoms with Gasteiger partial charge in [-0.2, -0.15) is 0 Å². The average molecular weight is 338 g/mol. The van der Waals surface area contributed by atoms with E-state index in [0.29, 0.717) is 0 Å². The normalized spacial score (nSPS) is 15.0. The van der Waals surface area contributed by atoms with Gasteiger partial charge in [-0.05, 0) is 40.6 Å². The van der Waals surface area contributed by atoms with Gasteiger partial charge in [0.1, 0.15) is 17.2 Å². The van der Waals surface area contributed by atoms with E-state index < -0.39 is 0 Å². The molecule has 0 fully saturated rings. The van der Waals surface area contributed by atoms with Crippen LogP contribution in [0.2, 0.25) is 0 Å². The molecule has 2 nitrogen and oxygen atoms in total. The van der Waals surface area contributed by atoms with Crippen LogP contribution in [0, 0.1) is 0 Å². The molecule has 0 aromatic heterocycles. The Kier molecular flexibility index (Phi) is 3.42. The van der Waals surface area contributed by atoms with Crippen molar-refractivity contribution in [1.29, 1.82) is 0 Å². The van der Waals surface area contributed by atoms with Crippen molar-refractivity contribution in [2.45, 2.75) is 5.92 Å². The topological polar surface area (TPSA) is 18.5 Å². The monoisotopic (exact) mass is 338 g/mol. The minimum atomic E-state index is 0.108. The van der Waals surface area contributed by atoms with Gasteiger partial charge in [0.2, 0.25) is 0 Å². The maximum atomic E-state index is 6.26. The SMILES string of the molecule is COc1cccc(C2c3ccccc3Oc3ccc4ccccc4c32)c1. The molecule has 5 rings (SSSR count). The Labute approximate surface area is 152 Å². The van der Waals surface area contributed by atoms with Gasteiger partial charge in [-0.15, -0.1) is 0 Å². The van der Waals surface area contributed by atoms with Gasteiger partial charge in [-0.25, -0.2) is 0 Å². The first-order valence-corrected chi connectivity index (χ1v) is 8.77. The Morgan fingerprint density at radius 2 is 1.62 bits per heavy atom. The zero-order valence-corrected chi connectivity index (χ0v) is 14.5. The molecular formula is C24H18O2. The fourth-order valence-corrected chi connectivity index (χ4v) is 3.92. The lowest BCUT2D eigenvalue weighted by molar-refractivity contribution is 0.413. The van der Waals surface area contributed by atoms with Crippen LogP contribution >= 0.6 is 0 Å². The lowest BCUT2D eigenvalue weighted by Gasteiger charge is -2.30. The number of para-hydroxylation sites is 1. The molecule has 0 amide bonds. The van der Waals surface area contributed by atoms with Crippen LogP contribution in [-0.4, -0.2) is 7.11 Å². The van der Waals surface area contributed by atoms with Gasteiger partial charge in [-0.1, -0.05) is 60.7 Å². The zero-order chi connectivity index (χ0) is 17.5. The fourth-order valence-electron chi connectivity index (χ4n) is 3.92. The van der Waals surface area contributed by atoms with Crippen molar-refractivity contribution in [3.8, 4) is 17.2 Å². The highest BCUT2D eigenvalue weighted by Gasteiger charge is 2.30. The number of benzene rings is 4. The predicted octanol–water partition coefficient (Wildman–Crippen LogP) is 6.13. The van der Waals surface area contributed by atoms with E-state index >= 15 is 0 Å². The van der Waals surface area contributed by atoms with Crippen molar-refractivity contribution in [2.24, 2.45) is 0 Å². The van der Waals surface area contributed by atoms with Gasteiger partial charge >= 0.3 is 0 Å². The lowest BCUT2D eigenvalue weighted by atomic mass is 9.80. The maximum Gasteiger partial charge on any atom is 0.132 e. The Bertz CT molecular complexity index is 1110. The van der Waals surface area contributed by atoms with Crippen molar-refractivity contribution >= 4 is 10.8 Å². The van der Waals surface area contributed by atoms with Crippen LogP contribution in [0.3, 0.4) is 0 Å². The molecule has 4 aromatic carbocycles. The van der Waals surface area contributed by atoms with E-state index in [1.165, 1.54) is 27.5 Å². The van der Waals surface area contributed by atoms with E-state index in [2.05, 4.69) is 66.7 Å². The van der Waals surface area contributed by atoms with Crippen LogP contribution in [0.15, 0.2) is 84.9 Å². The van der Waals surface area contributed by atoms with Crippen molar-refractivity contribution in [3.63, 3.8) is 0 Å². The third-order valence-electron chi connectivity index (χ3n) is 5.10. The minimum Gasteiger partial charge on any atom is -0.497 e. The number of rotatable bonds is 2. The molecule has 0 aliphatic carbocycles. The summed E-state index contributed by atoms with van der Waals surface area (Å²) in [6.45, 7) is 0. The highest BCUT2D eigenvalue weighted by atomic mass is 16.5. The van der Waals surface area contributed by atoms with Crippen molar-refractivity contribution in [3.05, 3.63) is 102 Å². The van der Waals surface area contributed by atoms with E-state index in [1.807, 2.05) is 18.2 Å². The average Bonchev–Trinajstić information content (AvgIpc) is 2.72. The summed E-state index contributed by atoms with van der Waals surface area (Å²) in [7, 11) is 1.71. The summed E-state index contributed by atoms with van der Waals surface area (Å²) in [5.74, 6) is 2.82. The summed E-state index contributed by atoms with van der Waals surface area (Å²) in [6.07, 6.45) is 0. The van der Waals surface area contributed by atoms with Crippen molar-refractivity contribution < 1.29 is 9.47 Å². The molecule has 0 radical (unpaired) electrons. The molecule has 1 heterocycles. The van der Waals surface area contributed by atoms with Crippen molar-refractivity contribution in [2.75, 3.05) is 7.11 Å². The van der Waals surface area contributed by atoms with Crippen LogP contribution in [0.25, 0.3) is 10.8 Å². The quantitative estimate of drug-likeness (QED) is 0.385. The van der Waals surface area contributed by atoms with Gasteiger partial charge in [-0.3, -0.25) is 0 Å². The highest BCUT2D eigenvalue weighted by molar-refractivity contribution is 5.90. The molecule has 4 aromatic rings. The molecule has 1 aliphatic rings. The third kappa shape index (κ3) is 2.26. The standard InChI is InChI=1S/C24H18O2/c1-25-18-9-6-8-17(15-18)23-20-11-4-5-12-21(20)26-22-14-13-16-7-2-3-10-19(16)24(22)23/h2-15,23H,1H3. The van der Waals surface area contributed by atoms with E-state index in [4.69, 9.17) is 9.47 Å². The van der Waals surface area contributed by atoms with Crippen LogP contribution in [-0.2, 0) is 0 Å². The molecule has 0 N–H and O–H groups in total. The summed E-state index contributed by atoms with van der Waals surface area (Å²) in [5.41, 5.74) is 3.61. The smallest absolute Gasteiger partial charge is 0.132 e. The summed E-state index contributed by atoms with van der Waals surface area (Å²) in [5, 5.41) is 2.45. The summed E-state index contributed by atoms with van der Waals surface area (Å²) < 4.78 is 11.7. The molecule has 2 heteroatoms. The second-order valence-electron chi connectivity index (χ2n) is 6.55. The van der Waals surface area contributed by atoms with Gasteiger partial charge in [0.25, 0.3) is 0 Å². The predicted molar refractivity (Wildman–Crippen MR) is 104 cm³/mol. The van der Waals surface area contributed by atoms with Gasteiger partial charge in [0.15, 0.2) is 0 Å². The highest BCUT2D eigenvalue weighted by Crippen LogP contribution is 2.50. The second kappa shape index (κ2) is 5.92. The zero-order valence-electron chi connectivity index (χ0n) is 14.5. The molecule has 126 valence electrons. The van der Waals surface area contributed by atoms with E-state index in [1.54, 1.807) is 7.11 Å². The molecule has 1 aliphatic heterocycles. The third-order valence-corrected chi connectivity index (χ3v) is 5.10. The van der Waals surface area contributed by atoms with Crippen LogP contribution < -0.4 is 9.47 Å². The number of methoxy groups -OCH3 is 1. The van der Waals surface area contributed by atoms with Crippen LogP contribution in [0.5, 0.6) is 17.2 Å².